The summed E-state index contributed by atoms with van der Waals surface area (Å²) in [4.78, 5) is 22.1. The molecular formula is C29H20N4O5S2. The monoisotopic (exact) mass is 568 g/mol. The van der Waals surface area contributed by atoms with Crippen LogP contribution in [0.2, 0.25) is 0 Å². The molecule has 0 spiro atoms. The Bertz CT molecular complexity index is 2140. The van der Waals surface area contributed by atoms with Crippen molar-refractivity contribution in [2.45, 2.75) is 23.6 Å². The van der Waals surface area contributed by atoms with Gasteiger partial charge in [0, 0.05) is 11.1 Å². The number of imidazole rings is 2. The average Bonchev–Trinajstić information content (AvgIpc) is 3.56. The van der Waals surface area contributed by atoms with Gasteiger partial charge in [-0.2, -0.15) is 0 Å². The SMILES string of the molecule is Cc1nc2ccccc2n1S(=O)(=O)c1ccc2c(c1)C(=O)c1cc(S(=O)(=O)n3c(C)nc4ccccc43)ccc1-2. The van der Waals surface area contributed by atoms with E-state index >= 15 is 0 Å². The van der Waals surface area contributed by atoms with Crippen molar-refractivity contribution < 1.29 is 21.6 Å². The lowest BCUT2D eigenvalue weighted by molar-refractivity contribution is 0.104. The van der Waals surface area contributed by atoms with Crippen LogP contribution in [0.3, 0.4) is 0 Å². The number of carbonyl (C=O) groups is 1. The number of para-hydroxylation sites is 4. The molecule has 0 radical (unpaired) electrons. The summed E-state index contributed by atoms with van der Waals surface area (Å²) in [6.07, 6.45) is 0. The quantitative estimate of drug-likeness (QED) is 0.302. The van der Waals surface area contributed by atoms with Crippen LogP contribution < -0.4 is 0 Å². The number of nitrogens with zero attached hydrogens (tertiary/aromatic N) is 4. The molecule has 0 saturated carbocycles. The van der Waals surface area contributed by atoms with Crippen molar-refractivity contribution in [1.82, 2.24) is 17.9 Å². The normalized spacial score (nSPS) is 13.2. The zero-order chi connectivity index (χ0) is 28.0. The molecule has 40 heavy (non-hydrogen) atoms. The van der Waals surface area contributed by atoms with Gasteiger partial charge in [-0.1, -0.05) is 36.4 Å². The average molecular weight is 569 g/mol. The largest absolute Gasteiger partial charge is 0.289 e. The Labute approximate surface area is 229 Å². The van der Waals surface area contributed by atoms with Gasteiger partial charge in [-0.15, -0.1) is 0 Å². The van der Waals surface area contributed by atoms with Gasteiger partial charge in [0.05, 0.1) is 31.9 Å². The fourth-order valence-electron chi connectivity index (χ4n) is 5.42. The summed E-state index contributed by atoms with van der Waals surface area (Å²) < 4.78 is 57.1. The van der Waals surface area contributed by atoms with Gasteiger partial charge in [0.15, 0.2) is 5.78 Å². The molecule has 1 aliphatic rings. The number of hydrogen-bond donors (Lipinski definition) is 0. The van der Waals surface area contributed by atoms with E-state index in [9.17, 15) is 21.6 Å². The van der Waals surface area contributed by atoms with Crippen LogP contribution in [-0.2, 0) is 20.0 Å². The number of carbonyl (C=O) groups excluding carboxylic acids is 1. The van der Waals surface area contributed by atoms with Crippen LogP contribution in [0.4, 0.5) is 0 Å². The van der Waals surface area contributed by atoms with E-state index in [2.05, 4.69) is 9.97 Å². The fraction of sp³-hybridized carbons (Fsp3) is 0.0690. The number of fused-ring (bicyclic) bond motifs is 5. The molecule has 0 aliphatic heterocycles. The topological polar surface area (TPSA) is 121 Å². The van der Waals surface area contributed by atoms with E-state index in [1.807, 2.05) is 0 Å². The molecule has 0 amide bonds. The molecule has 11 heteroatoms. The highest BCUT2D eigenvalue weighted by Gasteiger charge is 2.32. The summed E-state index contributed by atoms with van der Waals surface area (Å²) in [6, 6.07) is 22.6. The van der Waals surface area contributed by atoms with Gasteiger partial charge in [-0.3, -0.25) is 4.79 Å². The van der Waals surface area contributed by atoms with Gasteiger partial charge in [0.25, 0.3) is 20.0 Å². The number of benzene rings is 4. The molecule has 6 aromatic rings. The summed E-state index contributed by atoms with van der Waals surface area (Å²) in [7, 11) is -8.15. The van der Waals surface area contributed by atoms with Crippen LogP contribution in [0.25, 0.3) is 33.2 Å². The minimum absolute atomic E-state index is 0.0629. The van der Waals surface area contributed by atoms with Gasteiger partial charge in [0.1, 0.15) is 11.6 Å². The zero-order valence-electron chi connectivity index (χ0n) is 21.2. The lowest BCUT2D eigenvalue weighted by Gasteiger charge is -2.10. The molecule has 0 fully saturated rings. The minimum Gasteiger partial charge on any atom is -0.289 e. The highest BCUT2D eigenvalue weighted by Crippen LogP contribution is 2.39. The lowest BCUT2D eigenvalue weighted by atomic mass is 10.1. The van der Waals surface area contributed by atoms with Crippen molar-refractivity contribution in [3.8, 4) is 11.1 Å². The standard InChI is InChI=1S/C29H20N4O5S2/c1-17-30-25-7-3-5-9-27(25)32(17)39(35,36)19-11-13-21-22-14-12-20(16-24(22)29(34)23(21)15-19)40(37,38)33-18(2)31-26-8-4-6-10-28(26)33/h3-16H,1-2H3. The van der Waals surface area contributed by atoms with E-state index in [-0.39, 0.29) is 20.9 Å². The highest BCUT2D eigenvalue weighted by molar-refractivity contribution is 7.90. The Balaban J connectivity index is 1.32. The Kier molecular flexibility index (Phi) is 5.01. The Hall–Kier alpha value is -4.61. The number of ketones is 1. The molecule has 198 valence electrons. The van der Waals surface area contributed by atoms with Crippen LogP contribution >= 0.6 is 0 Å². The maximum Gasteiger partial charge on any atom is 0.269 e. The maximum atomic E-state index is 13.7. The first kappa shape index (κ1) is 24.4. The number of rotatable bonds is 4. The van der Waals surface area contributed by atoms with Crippen molar-refractivity contribution in [3.05, 3.63) is 108 Å². The number of hydrogen-bond acceptors (Lipinski definition) is 7. The van der Waals surface area contributed by atoms with Crippen molar-refractivity contribution in [1.29, 1.82) is 0 Å². The van der Waals surface area contributed by atoms with Crippen LogP contribution in [0.5, 0.6) is 0 Å². The first-order chi connectivity index (χ1) is 19.1. The molecule has 2 aromatic heterocycles. The van der Waals surface area contributed by atoms with Crippen LogP contribution in [-0.4, -0.2) is 40.5 Å². The fourth-order valence-corrected chi connectivity index (χ4v) is 8.46. The number of aryl methyl sites for hydroxylation is 2. The molecule has 0 saturated heterocycles. The summed E-state index contributed by atoms with van der Waals surface area (Å²) in [6.45, 7) is 3.22. The lowest BCUT2D eigenvalue weighted by Crippen LogP contribution is -2.15. The number of aromatic nitrogens is 4. The van der Waals surface area contributed by atoms with Crippen molar-refractivity contribution in [2.75, 3.05) is 0 Å². The molecule has 9 nitrogen and oxygen atoms in total. The molecule has 1 aliphatic carbocycles. The van der Waals surface area contributed by atoms with E-state index in [0.29, 0.717) is 44.8 Å². The summed E-state index contributed by atoms with van der Waals surface area (Å²) in [5, 5.41) is 0. The summed E-state index contributed by atoms with van der Waals surface area (Å²) in [5.41, 5.74) is 3.43. The molecule has 4 aromatic carbocycles. The van der Waals surface area contributed by atoms with Crippen molar-refractivity contribution in [2.24, 2.45) is 0 Å². The van der Waals surface area contributed by atoms with Crippen LogP contribution in [0.1, 0.15) is 27.6 Å². The first-order valence-corrected chi connectivity index (χ1v) is 15.2. The van der Waals surface area contributed by atoms with E-state index in [1.54, 1.807) is 74.5 Å². The smallest absolute Gasteiger partial charge is 0.269 e. The van der Waals surface area contributed by atoms with Gasteiger partial charge in [-0.25, -0.2) is 34.7 Å². The van der Waals surface area contributed by atoms with Crippen molar-refractivity contribution >= 4 is 47.9 Å². The zero-order valence-corrected chi connectivity index (χ0v) is 22.9. The maximum absolute atomic E-state index is 13.7. The molecule has 0 unspecified atom stereocenters. The van der Waals surface area contributed by atoms with Crippen LogP contribution in [0.15, 0.2) is 94.7 Å². The Morgan fingerprint density at radius 3 is 1.38 bits per heavy atom. The molecule has 0 atom stereocenters. The second-order valence-electron chi connectivity index (χ2n) is 9.58. The third kappa shape index (κ3) is 3.28. The molecule has 2 heterocycles. The predicted molar refractivity (Wildman–Crippen MR) is 149 cm³/mol. The first-order valence-electron chi connectivity index (χ1n) is 12.3. The third-order valence-corrected chi connectivity index (χ3v) is 10.8. The van der Waals surface area contributed by atoms with E-state index in [0.717, 1.165) is 0 Å². The van der Waals surface area contributed by atoms with Gasteiger partial charge < -0.3 is 0 Å². The minimum atomic E-state index is -4.08. The molecule has 0 N–H and O–H groups in total. The molecule has 0 bridgehead atoms. The summed E-state index contributed by atoms with van der Waals surface area (Å²) in [5.74, 6) is 0.153. The van der Waals surface area contributed by atoms with Gasteiger partial charge in [0.2, 0.25) is 0 Å². The Morgan fingerprint density at radius 1 is 0.550 bits per heavy atom. The molecule has 7 rings (SSSR count). The van der Waals surface area contributed by atoms with E-state index < -0.39 is 25.8 Å². The second kappa shape index (κ2) is 8.20. The predicted octanol–water partition coefficient (Wildman–Crippen LogP) is 4.69. The van der Waals surface area contributed by atoms with E-state index in [4.69, 9.17) is 0 Å². The second-order valence-corrected chi connectivity index (χ2v) is 13.2. The van der Waals surface area contributed by atoms with Gasteiger partial charge in [-0.05, 0) is 73.5 Å². The Morgan fingerprint density at radius 2 is 0.950 bits per heavy atom. The summed E-state index contributed by atoms with van der Waals surface area (Å²) >= 11 is 0. The van der Waals surface area contributed by atoms with Gasteiger partial charge >= 0.3 is 0 Å². The third-order valence-electron chi connectivity index (χ3n) is 7.19. The van der Waals surface area contributed by atoms with Crippen LogP contribution in [0, 0.1) is 13.8 Å². The highest BCUT2D eigenvalue weighted by atomic mass is 32.2. The van der Waals surface area contributed by atoms with E-state index in [1.165, 1.54) is 32.2 Å². The van der Waals surface area contributed by atoms with Crippen molar-refractivity contribution in [3.63, 3.8) is 0 Å². The molecular weight excluding hydrogens is 548 g/mol.